The summed E-state index contributed by atoms with van der Waals surface area (Å²) in [5, 5.41) is 8.00. The lowest BCUT2D eigenvalue weighted by atomic mass is 10.2. The highest BCUT2D eigenvalue weighted by Gasteiger charge is 1.87. The fourth-order valence-electron chi connectivity index (χ4n) is 0.823. The van der Waals surface area contributed by atoms with Crippen LogP contribution in [-0.4, -0.2) is 6.61 Å². The van der Waals surface area contributed by atoms with Crippen LogP contribution in [0.25, 0.3) is 0 Å². The Morgan fingerprint density at radius 1 is 1.20 bits per heavy atom. The van der Waals surface area contributed by atoms with Crippen LogP contribution in [0.4, 0.5) is 0 Å². The van der Waals surface area contributed by atoms with Crippen molar-refractivity contribution in [1.82, 2.24) is 0 Å². The second-order valence-corrected chi connectivity index (χ2v) is 2.35. The highest BCUT2D eigenvalue weighted by Crippen LogP contribution is 2.01. The van der Waals surface area contributed by atoms with Gasteiger partial charge in [0.05, 0.1) is 0 Å². The first-order valence-electron chi connectivity index (χ1n) is 3.92. The van der Waals surface area contributed by atoms with E-state index in [-0.39, 0.29) is 0 Å². The summed E-state index contributed by atoms with van der Waals surface area (Å²) in [7, 11) is 0. The van der Waals surface area contributed by atoms with E-state index < -0.39 is 0 Å². The van der Waals surface area contributed by atoms with E-state index >= 15 is 0 Å². The van der Waals surface area contributed by atoms with Crippen molar-refractivity contribution in [2.75, 3.05) is 6.61 Å². The second-order valence-electron chi connectivity index (χ2n) is 2.35. The lowest BCUT2D eigenvalue weighted by Gasteiger charge is -1.96. The molecule has 0 bridgehead atoms. The summed E-state index contributed by atoms with van der Waals surface area (Å²) in [6, 6.07) is 0. The molecule has 0 heterocycles. The topological polar surface area (TPSA) is 33.0 Å². The monoisotopic (exact) mass is 141 g/mol. The molecule has 0 saturated heterocycles. The quantitative estimate of drug-likeness (QED) is 0.420. The molecule has 0 radical (unpaired) electrons. The van der Waals surface area contributed by atoms with Crippen LogP contribution in [0.2, 0.25) is 0 Å². The maximum absolute atomic E-state index is 8.00. The molecule has 0 spiro atoms. The Kier molecular flexibility index (Phi) is 7.70. The number of unbranched alkanes of at least 4 members (excludes halogenated alkanes) is 4. The van der Waals surface area contributed by atoms with Gasteiger partial charge < -0.3 is 4.74 Å². The Morgan fingerprint density at radius 3 is 2.50 bits per heavy atom. The van der Waals surface area contributed by atoms with Crippen molar-refractivity contribution in [3.8, 4) is 6.26 Å². The third kappa shape index (κ3) is 7.29. The number of hydrogen-bond acceptors (Lipinski definition) is 2. The van der Waals surface area contributed by atoms with E-state index in [9.17, 15) is 0 Å². The molecule has 0 atom stereocenters. The first-order valence-corrected chi connectivity index (χ1v) is 3.92. The average molecular weight is 141 g/mol. The average Bonchev–Trinajstić information content (AvgIpc) is 1.97. The second kappa shape index (κ2) is 8.29. The van der Waals surface area contributed by atoms with Crippen LogP contribution in [0.15, 0.2) is 0 Å². The summed E-state index contributed by atoms with van der Waals surface area (Å²) >= 11 is 0. The smallest absolute Gasteiger partial charge is 0.286 e. The van der Waals surface area contributed by atoms with Gasteiger partial charge >= 0.3 is 0 Å². The molecular weight excluding hydrogens is 126 g/mol. The summed E-state index contributed by atoms with van der Waals surface area (Å²) in [6.45, 7) is 2.78. The molecule has 0 aliphatic rings. The van der Waals surface area contributed by atoms with E-state index in [1.54, 1.807) is 6.26 Å². The molecule has 0 saturated carbocycles. The van der Waals surface area contributed by atoms with Crippen LogP contribution in [0.3, 0.4) is 0 Å². The summed E-state index contributed by atoms with van der Waals surface area (Å²) in [5.74, 6) is 0. The van der Waals surface area contributed by atoms with Crippen molar-refractivity contribution >= 4 is 0 Å². The van der Waals surface area contributed by atoms with Crippen LogP contribution in [-0.2, 0) is 4.74 Å². The predicted octanol–water partition coefficient (Wildman–Crippen LogP) is 2.45. The number of rotatable bonds is 6. The van der Waals surface area contributed by atoms with E-state index in [1.165, 1.54) is 25.7 Å². The zero-order chi connectivity index (χ0) is 7.66. The van der Waals surface area contributed by atoms with Gasteiger partial charge in [0, 0.05) is 0 Å². The van der Waals surface area contributed by atoms with E-state index in [1.807, 2.05) is 0 Å². The SMILES string of the molecule is CCCCCCCOC#N. The van der Waals surface area contributed by atoms with E-state index in [2.05, 4.69) is 11.7 Å². The molecule has 0 aromatic rings. The first kappa shape index (κ1) is 9.29. The molecule has 0 aromatic heterocycles. The van der Waals surface area contributed by atoms with Gasteiger partial charge in [0.15, 0.2) is 0 Å². The lowest BCUT2D eigenvalue weighted by Crippen LogP contribution is -1.87. The summed E-state index contributed by atoms with van der Waals surface area (Å²) in [5.41, 5.74) is 0. The van der Waals surface area contributed by atoms with Gasteiger partial charge in [0.1, 0.15) is 6.61 Å². The van der Waals surface area contributed by atoms with Crippen LogP contribution in [0.1, 0.15) is 39.0 Å². The molecule has 0 unspecified atom stereocenters. The molecule has 0 amide bonds. The van der Waals surface area contributed by atoms with E-state index in [0.717, 1.165) is 6.42 Å². The third-order valence-corrected chi connectivity index (χ3v) is 1.41. The largest absolute Gasteiger partial charge is 0.428 e. The summed E-state index contributed by atoms with van der Waals surface area (Å²) in [4.78, 5) is 0. The molecule has 0 aromatic carbocycles. The van der Waals surface area contributed by atoms with Crippen LogP contribution < -0.4 is 0 Å². The van der Waals surface area contributed by atoms with Gasteiger partial charge in [-0.25, -0.2) is 0 Å². The highest BCUT2D eigenvalue weighted by atomic mass is 16.5. The van der Waals surface area contributed by atoms with Gasteiger partial charge in [0.2, 0.25) is 0 Å². The minimum atomic E-state index is 0.597. The molecule has 0 aliphatic heterocycles. The maximum atomic E-state index is 8.00. The minimum Gasteiger partial charge on any atom is -0.428 e. The van der Waals surface area contributed by atoms with Crippen molar-refractivity contribution in [3.63, 3.8) is 0 Å². The Morgan fingerprint density at radius 2 is 1.90 bits per heavy atom. The Labute approximate surface area is 62.8 Å². The normalized spacial score (nSPS) is 8.80. The zero-order valence-corrected chi connectivity index (χ0v) is 6.60. The van der Waals surface area contributed by atoms with Crippen molar-refractivity contribution in [2.45, 2.75) is 39.0 Å². The van der Waals surface area contributed by atoms with Gasteiger partial charge in [0.25, 0.3) is 6.26 Å². The fourth-order valence-corrected chi connectivity index (χ4v) is 0.823. The van der Waals surface area contributed by atoms with Crippen LogP contribution in [0.5, 0.6) is 0 Å². The van der Waals surface area contributed by atoms with Crippen LogP contribution >= 0.6 is 0 Å². The number of nitriles is 1. The molecule has 2 nitrogen and oxygen atoms in total. The Hall–Kier alpha value is -0.710. The fraction of sp³-hybridized carbons (Fsp3) is 0.875. The van der Waals surface area contributed by atoms with Gasteiger partial charge in [-0.3, -0.25) is 0 Å². The van der Waals surface area contributed by atoms with E-state index in [0.29, 0.717) is 6.61 Å². The molecule has 58 valence electrons. The minimum absolute atomic E-state index is 0.597. The molecular formula is C8H15NO. The third-order valence-electron chi connectivity index (χ3n) is 1.41. The number of ether oxygens (including phenoxy) is 1. The maximum Gasteiger partial charge on any atom is 0.286 e. The lowest BCUT2D eigenvalue weighted by molar-refractivity contribution is 0.260. The van der Waals surface area contributed by atoms with Crippen molar-refractivity contribution in [3.05, 3.63) is 0 Å². The molecule has 2 heteroatoms. The molecule has 0 N–H and O–H groups in total. The van der Waals surface area contributed by atoms with Gasteiger partial charge in [-0.1, -0.05) is 32.6 Å². The van der Waals surface area contributed by atoms with Gasteiger partial charge in [-0.2, -0.15) is 5.26 Å². The van der Waals surface area contributed by atoms with Crippen molar-refractivity contribution < 1.29 is 4.74 Å². The van der Waals surface area contributed by atoms with E-state index in [4.69, 9.17) is 5.26 Å². The number of nitrogens with zero attached hydrogens (tertiary/aromatic N) is 1. The van der Waals surface area contributed by atoms with Crippen LogP contribution in [0, 0.1) is 11.5 Å². The highest BCUT2D eigenvalue weighted by molar-refractivity contribution is 4.48. The molecule has 10 heavy (non-hydrogen) atoms. The summed E-state index contributed by atoms with van der Waals surface area (Å²) < 4.78 is 4.52. The zero-order valence-electron chi connectivity index (χ0n) is 6.60. The van der Waals surface area contributed by atoms with Gasteiger partial charge in [-0.05, 0) is 6.42 Å². The Bertz CT molecular complexity index is 95.9. The van der Waals surface area contributed by atoms with Gasteiger partial charge in [-0.15, -0.1) is 0 Å². The number of hydrogen-bond donors (Lipinski definition) is 0. The first-order chi connectivity index (χ1) is 4.91. The van der Waals surface area contributed by atoms with Crippen molar-refractivity contribution in [2.24, 2.45) is 0 Å². The summed E-state index contributed by atoms with van der Waals surface area (Å²) in [6.07, 6.45) is 7.70. The van der Waals surface area contributed by atoms with Crippen molar-refractivity contribution in [1.29, 1.82) is 5.26 Å². The molecule has 0 rings (SSSR count). The Balaban J connectivity index is 2.72. The predicted molar refractivity (Wildman–Crippen MR) is 40.3 cm³/mol. The standard InChI is InChI=1S/C8H15NO/c1-2-3-4-5-6-7-10-8-9/h2-7H2,1H3. The molecule has 0 fully saturated rings. The molecule has 0 aliphatic carbocycles.